The molecule has 162 valence electrons. The van der Waals surface area contributed by atoms with Crippen LogP contribution in [0.25, 0.3) is 16.7 Å². The molecule has 4 aromatic rings. The summed E-state index contributed by atoms with van der Waals surface area (Å²) in [6.45, 7) is 4.48. The monoisotopic (exact) mass is 465 g/mol. The van der Waals surface area contributed by atoms with E-state index in [1.165, 1.54) is 0 Å². The van der Waals surface area contributed by atoms with Gasteiger partial charge in [-0.05, 0) is 74.6 Å². The third-order valence-corrected chi connectivity index (χ3v) is 5.15. The first kappa shape index (κ1) is 21.7. The van der Waals surface area contributed by atoms with Crippen molar-refractivity contribution in [3.05, 3.63) is 76.8 Å². The van der Waals surface area contributed by atoms with Crippen LogP contribution < -0.4 is 15.4 Å². The van der Waals surface area contributed by atoms with Crippen molar-refractivity contribution < 1.29 is 9.53 Å². The fraction of sp³-hybridized carbons (Fsp3) is 0.130. The van der Waals surface area contributed by atoms with E-state index in [1.54, 1.807) is 41.2 Å². The Labute approximate surface area is 195 Å². The molecule has 0 aliphatic rings. The van der Waals surface area contributed by atoms with Gasteiger partial charge < -0.3 is 10.1 Å². The molecule has 0 aliphatic carbocycles. The van der Waals surface area contributed by atoms with Crippen molar-refractivity contribution in [1.82, 2.24) is 20.3 Å². The summed E-state index contributed by atoms with van der Waals surface area (Å²) in [6, 6.07) is 18.1. The minimum atomic E-state index is -0.340. The molecule has 1 amide bonds. The van der Waals surface area contributed by atoms with E-state index in [2.05, 4.69) is 20.8 Å². The summed E-state index contributed by atoms with van der Waals surface area (Å²) >= 11 is 11.7. The Balaban J connectivity index is 1.48. The van der Waals surface area contributed by atoms with Crippen LogP contribution in [-0.4, -0.2) is 32.6 Å². The second-order valence-corrected chi connectivity index (χ2v) is 7.83. The van der Waals surface area contributed by atoms with Gasteiger partial charge in [-0.2, -0.15) is 4.80 Å². The van der Waals surface area contributed by atoms with Crippen molar-refractivity contribution in [3.63, 3.8) is 0 Å². The summed E-state index contributed by atoms with van der Waals surface area (Å²) in [7, 11) is 0. The first-order chi connectivity index (χ1) is 15.4. The fourth-order valence-electron chi connectivity index (χ4n) is 3.03. The molecule has 7 nitrogen and oxygen atoms in total. The topological polar surface area (TPSA) is 81.1 Å². The minimum absolute atomic E-state index is 0.121. The SMILES string of the molecule is CCOc1ccc(C(=O)NC(=S)Nc2cc3nn(-c4ccc(C)cc4)nc3cc2Cl)cc1. The highest BCUT2D eigenvalue weighted by atomic mass is 35.5. The summed E-state index contributed by atoms with van der Waals surface area (Å²) in [5.74, 6) is 0.358. The number of hydrogen-bond donors (Lipinski definition) is 2. The van der Waals surface area contributed by atoms with E-state index in [4.69, 9.17) is 28.6 Å². The van der Waals surface area contributed by atoms with Crippen molar-refractivity contribution in [2.45, 2.75) is 13.8 Å². The van der Waals surface area contributed by atoms with Crippen LogP contribution in [0.2, 0.25) is 5.02 Å². The van der Waals surface area contributed by atoms with Crippen LogP contribution in [0.15, 0.2) is 60.7 Å². The van der Waals surface area contributed by atoms with Crippen LogP contribution in [0.4, 0.5) is 5.69 Å². The molecule has 3 aromatic carbocycles. The van der Waals surface area contributed by atoms with Gasteiger partial charge in [-0.15, -0.1) is 10.2 Å². The first-order valence-corrected chi connectivity index (χ1v) is 10.7. The molecule has 0 fully saturated rings. The zero-order valence-corrected chi connectivity index (χ0v) is 19.0. The molecule has 1 heterocycles. The van der Waals surface area contributed by atoms with Gasteiger partial charge in [0.1, 0.15) is 16.8 Å². The van der Waals surface area contributed by atoms with Gasteiger partial charge >= 0.3 is 0 Å². The van der Waals surface area contributed by atoms with Crippen molar-refractivity contribution in [2.24, 2.45) is 0 Å². The van der Waals surface area contributed by atoms with Crippen molar-refractivity contribution in [3.8, 4) is 11.4 Å². The van der Waals surface area contributed by atoms with Gasteiger partial charge in [0, 0.05) is 5.56 Å². The van der Waals surface area contributed by atoms with Crippen molar-refractivity contribution >= 4 is 51.6 Å². The zero-order chi connectivity index (χ0) is 22.7. The third-order valence-electron chi connectivity index (χ3n) is 4.64. The summed E-state index contributed by atoms with van der Waals surface area (Å²) < 4.78 is 5.39. The van der Waals surface area contributed by atoms with Crippen LogP contribution in [-0.2, 0) is 0 Å². The van der Waals surface area contributed by atoms with Gasteiger partial charge in [-0.25, -0.2) is 0 Å². The molecule has 0 saturated carbocycles. The number of carbonyl (C=O) groups is 1. The molecule has 0 radical (unpaired) electrons. The van der Waals surface area contributed by atoms with Gasteiger partial charge in [-0.1, -0.05) is 29.3 Å². The lowest BCUT2D eigenvalue weighted by molar-refractivity contribution is 0.0977. The summed E-state index contributed by atoms with van der Waals surface area (Å²) in [5.41, 5.74) is 4.26. The van der Waals surface area contributed by atoms with Gasteiger partial charge in [0.15, 0.2) is 5.11 Å². The molecule has 0 atom stereocenters. The smallest absolute Gasteiger partial charge is 0.257 e. The molecule has 0 bridgehead atoms. The Bertz CT molecular complexity index is 1290. The minimum Gasteiger partial charge on any atom is -0.494 e. The number of amides is 1. The number of benzene rings is 3. The highest BCUT2D eigenvalue weighted by Gasteiger charge is 2.13. The summed E-state index contributed by atoms with van der Waals surface area (Å²) in [6.07, 6.45) is 0. The number of aromatic nitrogens is 3. The Kier molecular flexibility index (Phi) is 6.34. The fourth-order valence-corrected chi connectivity index (χ4v) is 3.43. The predicted octanol–water partition coefficient (Wildman–Crippen LogP) is 4.91. The van der Waals surface area contributed by atoms with E-state index in [1.807, 2.05) is 38.1 Å². The Morgan fingerprint density at radius 3 is 2.38 bits per heavy atom. The molecule has 1 aromatic heterocycles. The van der Waals surface area contributed by atoms with Gasteiger partial charge in [-0.3, -0.25) is 10.1 Å². The number of halogens is 1. The first-order valence-electron chi connectivity index (χ1n) is 9.92. The molecule has 4 rings (SSSR count). The van der Waals surface area contributed by atoms with Crippen molar-refractivity contribution in [2.75, 3.05) is 11.9 Å². The normalized spacial score (nSPS) is 10.7. The lowest BCUT2D eigenvalue weighted by Gasteiger charge is -2.11. The maximum atomic E-state index is 12.5. The van der Waals surface area contributed by atoms with Crippen LogP contribution in [0.1, 0.15) is 22.8 Å². The molecule has 0 unspecified atom stereocenters. The van der Waals surface area contributed by atoms with Gasteiger partial charge in [0.25, 0.3) is 5.91 Å². The highest BCUT2D eigenvalue weighted by molar-refractivity contribution is 7.80. The number of aryl methyl sites for hydroxylation is 1. The Morgan fingerprint density at radius 1 is 1.06 bits per heavy atom. The molecular weight excluding hydrogens is 446 g/mol. The number of nitrogens with one attached hydrogen (secondary N) is 2. The second-order valence-electron chi connectivity index (χ2n) is 7.01. The Morgan fingerprint density at radius 2 is 1.72 bits per heavy atom. The molecule has 9 heteroatoms. The Hall–Kier alpha value is -3.49. The number of ether oxygens (including phenoxy) is 1. The number of nitrogens with zero attached hydrogens (tertiary/aromatic N) is 3. The highest BCUT2D eigenvalue weighted by Crippen LogP contribution is 2.27. The van der Waals surface area contributed by atoms with E-state index in [9.17, 15) is 4.79 Å². The third kappa shape index (κ3) is 4.87. The largest absolute Gasteiger partial charge is 0.494 e. The lowest BCUT2D eigenvalue weighted by Crippen LogP contribution is -2.34. The number of fused-ring (bicyclic) bond motifs is 1. The van der Waals surface area contributed by atoms with E-state index in [0.717, 1.165) is 11.3 Å². The number of rotatable bonds is 5. The second kappa shape index (κ2) is 9.33. The quantitative estimate of drug-likeness (QED) is 0.408. The molecule has 2 N–H and O–H groups in total. The molecular formula is C23H20ClN5O2S. The van der Waals surface area contributed by atoms with Crippen molar-refractivity contribution in [1.29, 1.82) is 0 Å². The van der Waals surface area contributed by atoms with E-state index in [-0.39, 0.29) is 11.0 Å². The van der Waals surface area contributed by atoms with Crippen LogP contribution in [0.5, 0.6) is 5.75 Å². The van der Waals surface area contributed by atoms with Gasteiger partial charge in [0.05, 0.1) is 23.0 Å². The molecule has 32 heavy (non-hydrogen) atoms. The maximum Gasteiger partial charge on any atom is 0.257 e. The van der Waals surface area contributed by atoms with Crippen LogP contribution in [0.3, 0.4) is 0 Å². The summed E-state index contributed by atoms with van der Waals surface area (Å²) in [5, 5.41) is 15.1. The zero-order valence-electron chi connectivity index (χ0n) is 17.4. The number of hydrogen-bond acceptors (Lipinski definition) is 5. The maximum absolute atomic E-state index is 12.5. The standard InChI is InChI=1S/C23H20ClN5O2S/c1-3-31-17-10-6-15(7-11-17)22(30)26-23(32)25-19-13-21-20(12-18(19)24)27-29(28-21)16-8-4-14(2)5-9-16/h4-13H,3H2,1-2H3,(H2,25,26,30,32). The molecule has 0 aliphatic heterocycles. The number of anilines is 1. The summed E-state index contributed by atoms with van der Waals surface area (Å²) in [4.78, 5) is 14.0. The average molecular weight is 466 g/mol. The average Bonchev–Trinajstić information content (AvgIpc) is 3.17. The molecule has 0 spiro atoms. The number of thiocarbonyl (C=S) groups is 1. The number of carbonyl (C=O) groups excluding carboxylic acids is 1. The predicted molar refractivity (Wildman–Crippen MR) is 130 cm³/mol. The lowest BCUT2D eigenvalue weighted by atomic mass is 10.2. The van der Waals surface area contributed by atoms with E-state index < -0.39 is 0 Å². The van der Waals surface area contributed by atoms with E-state index >= 15 is 0 Å². The molecule has 0 saturated heterocycles. The van der Waals surface area contributed by atoms with Gasteiger partial charge in [0.2, 0.25) is 0 Å². The van der Waals surface area contributed by atoms with Crippen LogP contribution >= 0.6 is 23.8 Å². The van der Waals surface area contributed by atoms with E-state index in [0.29, 0.717) is 39.7 Å². The van der Waals surface area contributed by atoms with Crippen LogP contribution in [0, 0.1) is 6.92 Å².